The molecule has 2 saturated heterocycles. The van der Waals surface area contributed by atoms with Gasteiger partial charge in [0.15, 0.2) is 0 Å². The van der Waals surface area contributed by atoms with Crippen molar-refractivity contribution in [2.75, 3.05) is 24.5 Å². The molecule has 1 aliphatic carbocycles. The lowest BCUT2D eigenvalue weighted by atomic mass is 9.52. The zero-order valence-corrected chi connectivity index (χ0v) is 27.2. The summed E-state index contributed by atoms with van der Waals surface area (Å²) in [5, 5.41) is 5.52. The average Bonchev–Trinajstić information content (AvgIpc) is 3.51. The van der Waals surface area contributed by atoms with Crippen LogP contribution in [-0.2, 0) is 22.7 Å². The number of hydrogen-bond acceptors (Lipinski definition) is 7. The molecule has 5 aliphatic rings. The van der Waals surface area contributed by atoms with Crippen molar-refractivity contribution in [1.29, 1.82) is 0 Å². The fourth-order valence-electron chi connectivity index (χ4n) is 9.04. The molecule has 2 aromatic carbocycles. The first-order valence-electron chi connectivity index (χ1n) is 16.6. The highest BCUT2D eigenvalue weighted by Gasteiger charge is 2.53. The summed E-state index contributed by atoms with van der Waals surface area (Å²) in [5.74, 6) is -1.34. The number of nitrogens with one attached hydrogen (secondary N) is 2. The molecule has 10 heteroatoms. The van der Waals surface area contributed by atoms with Crippen molar-refractivity contribution < 1.29 is 24.0 Å². The minimum atomic E-state index is -0.947. The lowest BCUT2D eigenvalue weighted by Gasteiger charge is -2.57. The summed E-state index contributed by atoms with van der Waals surface area (Å²) in [6, 6.07) is 10.9. The third kappa shape index (κ3) is 5.30. The fraction of sp³-hybridized carbons (Fsp3) is 0.528. The number of hydrogen-bond donors (Lipinski definition) is 2. The summed E-state index contributed by atoms with van der Waals surface area (Å²) in [6.45, 7) is 13.2. The van der Waals surface area contributed by atoms with Crippen LogP contribution in [0.25, 0.3) is 0 Å². The molecule has 46 heavy (non-hydrogen) atoms. The predicted molar refractivity (Wildman–Crippen MR) is 172 cm³/mol. The van der Waals surface area contributed by atoms with Crippen LogP contribution in [0.3, 0.4) is 0 Å². The normalized spacial score (nSPS) is 24.5. The van der Waals surface area contributed by atoms with E-state index in [0.29, 0.717) is 22.6 Å². The van der Waals surface area contributed by atoms with Crippen LogP contribution < -0.4 is 15.5 Å². The highest BCUT2D eigenvalue weighted by Crippen LogP contribution is 2.53. The van der Waals surface area contributed by atoms with E-state index in [2.05, 4.69) is 60.3 Å². The van der Waals surface area contributed by atoms with Crippen molar-refractivity contribution in [2.24, 2.45) is 16.7 Å². The molecule has 2 N–H and O–H groups in total. The molecular weight excluding hydrogens is 582 g/mol. The zero-order valence-electron chi connectivity index (χ0n) is 27.2. The lowest BCUT2D eigenvalue weighted by Crippen LogP contribution is -2.63. The molecule has 1 unspecified atom stereocenters. The van der Waals surface area contributed by atoms with Gasteiger partial charge in [-0.05, 0) is 90.0 Å². The Kier molecular flexibility index (Phi) is 7.34. The number of imide groups is 2. The van der Waals surface area contributed by atoms with Gasteiger partial charge < -0.3 is 10.2 Å². The van der Waals surface area contributed by atoms with Gasteiger partial charge in [0.2, 0.25) is 11.8 Å². The Hall–Kier alpha value is -4.05. The molecule has 2 aromatic rings. The Morgan fingerprint density at radius 1 is 0.870 bits per heavy atom. The van der Waals surface area contributed by atoms with E-state index >= 15 is 0 Å². The van der Waals surface area contributed by atoms with Crippen molar-refractivity contribution in [3.63, 3.8) is 0 Å². The van der Waals surface area contributed by atoms with Crippen molar-refractivity contribution in [3.05, 3.63) is 64.2 Å². The monoisotopic (exact) mass is 625 g/mol. The molecular formula is C36H43N5O5. The molecule has 4 heterocycles. The van der Waals surface area contributed by atoms with Gasteiger partial charge in [-0.2, -0.15) is 0 Å². The first-order valence-corrected chi connectivity index (χ1v) is 16.6. The smallest absolute Gasteiger partial charge is 0.262 e. The Labute approximate surface area is 269 Å². The number of anilines is 1. The minimum absolute atomic E-state index is 0.00619. The third-order valence-corrected chi connectivity index (χ3v) is 10.9. The molecule has 0 aromatic heterocycles. The summed E-state index contributed by atoms with van der Waals surface area (Å²) >= 11 is 0. The van der Waals surface area contributed by atoms with E-state index < -0.39 is 23.8 Å². The molecule has 10 nitrogen and oxygen atoms in total. The molecule has 1 atom stereocenters. The van der Waals surface area contributed by atoms with Crippen molar-refractivity contribution in [3.8, 4) is 0 Å². The van der Waals surface area contributed by atoms with Crippen LogP contribution in [0.2, 0.25) is 0 Å². The van der Waals surface area contributed by atoms with Gasteiger partial charge in [-0.3, -0.25) is 39.1 Å². The number of fused-ring (bicyclic) bond motifs is 2. The molecule has 1 saturated carbocycles. The lowest BCUT2D eigenvalue weighted by molar-refractivity contribution is -0.136. The van der Waals surface area contributed by atoms with Crippen molar-refractivity contribution >= 4 is 35.2 Å². The second-order valence-corrected chi connectivity index (χ2v) is 15.3. The number of piperidine rings is 2. The van der Waals surface area contributed by atoms with Crippen LogP contribution in [0.1, 0.15) is 102 Å². The first-order chi connectivity index (χ1) is 21.8. The first kappa shape index (κ1) is 30.6. The Balaban J connectivity index is 0.917. The summed E-state index contributed by atoms with van der Waals surface area (Å²) < 4.78 is 0. The van der Waals surface area contributed by atoms with Crippen molar-refractivity contribution in [1.82, 2.24) is 20.4 Å². The van der Waals surface area contributed by atoms with Gasteiger partial charge in [0.05, 0.1) is 11.1 Å². The largest absolute Gasteiger partial charge is 0.372 e. The summed E-state index contributed by atoms with van der Waals surface area (Å²) in [7, 11) is 0. The van der Waals surface area contributed by atoms with E-state index in [9.17, 15) is 24.0 Å². The van der Waals surface area contributed by atoms with Crippen LogP contribution in [0.15, 0.2) is 36.4 Å². The molecule has 3 fully saturated rings. The van der Waals surface area contributed by atoms with E-state index in [4.69, 9.17) is 0 Å². The van der Waals surface area contributed by atoms with Gasteiger partial charge in [-0.25, -0.2) is 0 Å². The summed E-state index contributed by atoms with van der Waals surface area (Å²) in [6.07, 6.45) is 3.49. The highest BCUT2D eigenvalue weighted by atomic mass is 16.2. The van der Waals surface area contributed by atoms with E-state index in [-0.39, 0.29) is 41.5 Å². The molecule has 0 bridgehead atoms. The maximum Gasteiger partial charge on any atom is 0.262 e. The van der Waals surface area contributed by atoms with Crippen LogP contribution in [-0.4, -0.2) is 71.1 Å². The number of benzene rings is 2. The Bertz CT molecular complexity index is 1580. The minimum Gasteiger partial charge on any atom is -0.372 e. The maximum absolute atomic E-state index is 13.2. The number of nitrogens with zero attached hydrogens (tertiary/aromatic N) is 3. The van der Waals surface area contributed by atoms with Crippen LogP contribution >= 0.6 is 0 Å². The van der Waals surface area contributed by atoms with Gasteiger partial charge in [0.25, 0.3) is 17.7 Å². The third-order valence-electron chi connectivity index (χ3n) is 10.9. The molecule has 7 rings (SSSR count). The number of rotatable bonds is 6. The quantitative estimate of drug-likeness (QED) is 0.468. The Morgan fingerprint density at radius 3 is 2.00 bits per heavy atom. The second-order valence-electron chi connectivity index (χ2n) is 15.3. The molecule has 0 radical (unpaired) electrons. The molecule has 5 amide bonds. The predicted octanol–water partition coefficient (Wildman–Crippen LogP) is 3.87. The van der Waals surface area contributed by atoms with Gasteiger partial charge in [-0.1, -0.05) is 27.7 Å². The van der Waals surface area contributed by atoms with E-state index in [1.54, 1.807) is 0 Å². The summed E-state index contributed by atoms with van der Waals surface area (Å²) in [4.78, 5) is 69.2. The molecule has 0 spiro atoms. The SMILES string of the molecule is CC1(C)CC(C)(C)C1NC(=O)c1ccc(N2CCC(CN3Cc4cc5c(cc4C3)C(=O)N(C3CCC(=O)NC3=O)C5=O)CC2)cc1. The van der Waals surface area contributed by atoms with Crippen LogP contribution in [0.4, 0.5) is 5.69 Å². The van der Waals surface area contributed by atoms with E-state index in [1.165, 1.54) is 0 Å². The van der Waals surface area contributed by atoms with Gasteiger partial charge in [0.1, 0.15) is 6.04 Å². The second kappa shape index (κ2) is 11.0. The van der Waals surface area contributed by atoms with Crippen LogP contribution in [0.5, 0.6) is 0 Å². The van der Waals surface area contributed by atoms with E-state index in [0.717, 1.165) is 73.7 Å². The number of amides is 5. The highest BCUT2D eigenvalue weighted by molar-refractivity contribution is 6.23. The topological polar surface area (TPSA) is 119 Å². The van der Waals surface area contributed by atoms with Crippen molar-refractivity contribution in [2.45, 2.75) is 85.0 Å². The van der Waals surface area contributed by atoms with Crippen LogP contribution in [0, 0.1) is 16.7 Å². The Morgan fingerprint density at radius 2 is 1.46 bits per heavy atom. The number of carbonyl (C=O) groups excluding carboxylic acids is 5. The maximum atomic E-state index is 13.2. The number of carbonyl (C=O) groups is 5. The van der Waals surface area contributed by atoms with Gasteiger partial charge in [-0.15, -0.1) is 0 Å². The summed E-state index contributed by atoms with van der Waals surface area (Å²) in [5.41, 5.74) is 4.87. The van der Waals surface area contributed by atoms with E-state index in [1.807, 2.05) is 24.3 Å². The molecule has 4 aliphatic heterocycles. The average molecular weight is 626 g/mol. The van der Waals surface area contributed by atoms with Gasteiger partial charge in [0, 0.05) is 56.4 Å². The molecule has 242 valence electrons. The standard InChI is InChI=1S/C36H43N5O5/c1-35(2)20-36(3,4)34(35)38-30(43)22-5-7-25(8-6-22)40-13-11-21(12-14-40)17-39-18-23-15-26-27(16-24(23)19-39)33(46)41(32(26)45)28-9-10-29(42)37-31(28)44/h5-8,15-16,21,28,34H,9-14,17-20H2,1-4H3,(H,38,43)(H,37,42,44). The zero-order chi connectivity index (χ0) is 32.5. The fourth-order valence-corrected chi connectivity index (χ4v) is 9.04. The van der Waals surface area contributed by atoms with Gasteiger partial charge >= 0.3 is 0 Å².